The molecule has 0 saturated carbocycles. The van der Waals surface area contributed by atoms with Gasteiger partial charge in [-0.05, 0) is 6.92 Å². The van der Waals surface area contributed by atoms with Gasteiger partial charge in [-0.2, -0.15) is 0 Å². The number of esters is 1. The highest BCUT2D eigenvalue weighted by Crippen LogP contribution is 2.34. The van der Waals surface area contributed by atoms with Gasteiger partial charge >= 0.3 is 12.3 Å². The summed E-state index contributed by atoms with van der Waals surface area (Å²) in [7, 11) is 0. The van der Waals surface area contributed by atoms with E-state index in [-0.39, 0.29) is 17.6 Å². The average Bonchev–Trinajstić information content (AvgIpc) is 2.27. The van der Waals surface area contributed by atoms with Gasteiger partial charge in [0.05, 0.1) is 18.5 Å². The number of aromatic hydroxyl groups is 1. The minimum absolute atomic E-state index is 0.00224. The molecule has 0 bridgehead atoms. The Morgan fingerprint density at radius 1 is 1.53 bits per heavy atom. The highest BCUT2D eigenvalue weighted by Gasteiger charge is 2.35. The molecule has 0 aliphatic heterocycles. The zero-order valence-electron chi connectivity index (χ0n) is 9.62. The maximum atomic E-state index is 12.2. The van der Waals surface area contributed by atoms with E-state index in [0.29, 0.717) is 6.20 Å². The molecule has 0 amide bonds. The van der Waals surface area contributed by atoms with Crippen LogP contribution in [0.1, 0.15) is 23.0 Å². The van der Waals surface area contributed by atoms with Gasteiger partial charge in [0.1, 0.15) is 5.56 Å². The molecule has 0 aromatic carbocycles. The molecule has 5 nitrogen and oxygen atoms in total. The third kappa shape index (κ3) is 3.98. The monoisotopic (exact) mass is 343 g/mol. The van der Waals surface area contributed by atoms with Gasteiger partial charge in [0, 0.05) is 5.33 Å². The molecule has 0 atom stereocenters. The summed E-state index contributed by atoms with van der Waals surface area (Å²) in [4.78, 5) is 15.1. The van der Waals surface area contributed by atoms with Crippen molar-refractivity contribution in [3.63, 3.8) is 0 Å². The summed E-state index contributed by atoms with van der Waals surface area (Å²) in [5.41, 5.74) is -0.707. The van der Waals surface area contributed by atoms with E-state index in [0.717, 1.165) is 0 Å². The maximum absolute atomic E-state index is 12.2. The first kappa shape index (κ1) is 15.5. The summed E-state index contributed by atoms with van der Waals surface area (Å²) in [5.74, 6) is -2.74. The Balaban J connectivity index is 3.30. The Labute approximate surface area is 114 Å². The second-order valence-electron chi connectivity index (χ2n) is 3.19. The van der Waals surface area contributed by atoms with Gasteiger partial charge in [0.15, 0.2) is 11.5 Å². The molecule has 0 saturated heterocycles. The van der Waals surface area contributed by atoms with Crippen LogP contribution in [-0.2, 0) is 10.1 Å². The van der Waals surface area contributed by atoms with Crippen LogP contribution in [0, 0.1) is 0 Å². The highest BCUT2D eigenvalue weighted by molar-refractivity contribution is 9.08. The third-order valence-electron chi connectivity index (χ3n) is 1.93. The van der Waals surface area contributed by atoms with Crippen molar-refractivity contribution < 1.29 is 32.5 Å². The minimum Gasteiger partial charge on any atom is -0.505 e. The molecule has 1 rings (SSSR count). The first-order chi connectivity index (χ1) is 8.80. The van der Waals surface area contributed by atoms with Crippen LogP contribution in [0.4, 0.5) is 13.2 Å². The summed E-state index contributed by atoms with van der Waals surface area (Å²) in [5, 5.41) is 9.78. The SMILES string of the molecule is CCOC(=O)c1c(OC(F)(F)F)cnc(CBr)c1O. The van der Waals surface area contributed by atoms with Gasteiger partial charge in [-0.3, -0.25) is 4.98 Å². The lowest BCUT2D eigenvalue weighted by Crippen LogP contribution is -2.20. The fraction of sp³-hybridized carbons (Fsp3) is 0.400. The number of aromatic nitrogens is 1. The van der Waals surface area contributed by atoms with E-state index in [1.54, 1.807) is 0 Å². The molecule has 1 N–H and O–H groups in total. The Hall–Kier alpha value is -1.51. The molecule has 0 spiro atoms. The molecule has 106 valence electrons. The number of hydrogen-bond acceptors (Lipinski definition) is 5. The maximum Gasteiger partial charge on any atom is 0.573 e. The molecule has 0 unspecified atom stereocenters. The highest BCUT2D eigenvalue weighted by atomic mass is 79.9. The number of alkyl halides is 4. The van der Waals surface area contributed by atoms with Crippen molar-refractivity contribution in [2.75, 3.05) is 6.61 Å². The molecular weight excluding hydrogens is 335 g/mol. The van der Waals surface area contributed by atoms with Crippen LogP contribution in [0.3, 0.4) is 0 Å². The zero-order valence-corrected chi connectivity index (χ0v) is 11.2. The first-order valence-electron chi connectivity index (χ1n) is 4.99. The number of nitrogens with zero attached hydrogens (tertiary/aromatic N) is 1. The summed E-state index contributed by atoms with van der Waals surface area (Å²) >= 11 is 2.98. The Morgan fingerprint density at radius 2 is 2.16 bits per heavy atom. The lowest BCUT2D eigenvalue weighted by atomic mass is 10.2. The van der Waals surface area contributed by atoms with Gasteiger partial charge in [0.2, 0.25) is 0 Å². The Morgan fingerprint density at radius 3 is 2.63 bits per heavy atom. The first-order valence-corrected chi connectivity index (χ1v) is 6.12. The number of hydrogen-bond donors (Lipinski definition) is 1. The van der Waals surface area contributed by atoms with Crippen molar-refractivity contribution >= 4 is 21.9 Å². The fourth-order valence-corrected chi connectivity index (χ4v) is 1.63. The van der Waals surface area contributed by atoms with Crippen LogP contribution < -0.4 is 4.74 Å². The Bertz CT molecular complexity index is 479. The molecule has 9 heteroatoms. The van der Waals surface area contributed by atoms with Crippen LogP contribution in [-0.4, -0.2) is 29.0 Å². The third-order valence-corrected chi connectivity index (χ3v) is 2.46. The van der Waals surface area contributed by atoms with Crippen molar-refractivity contribution in [3.8, 4) is 11.5 Å². The minimum atomic E-state index is -5.01. The van der Waals surface area contributed by atoms with E-state index >= 15 is 0 Å². The van der Waals surface area contributed by atoms with Gasteiger partial charge in [-0.25, -0.2) is 4.79 Å². The normalized spacial score (nSPS) is 11.2. The number of halogens is 4. The predicted octanol–water partition coefficient (Wildman–Crippen LogP) is 2.76. The number of carbonyl (C=O) groups is 1. The zero-order chi connectivity index (χ0) is 14.6. The fourth-order valence-electron chi connectivity index (χ4n) is 1.22. The van der Waals surface area contributed by atoms with E-state index in [2.05, 4.69) is 30.4 Å². The van der Waals surface area contributed by atoms with Gasteiger partial charge in [0.25, 0.3) is 0 Å². The summed E-state index contributed by atoms with van der Waals surface area (Å²) < 4.78 is 44.8. The van der Waals surface area contributed by atoms with Gasteiger partial charge in [-0.15, -0.1) is 13.2 Å². The number of pyridine rings is 1. The molecule has 0 radical (unpaired) electrons. The summed E-state index contributed by atoms with van der Waals surface area (Å²) in [6, 6.07) is 0. The molecule has 19 heavy (non-hydrogen) atoms. The van der Waals surface area contributed by atoms with E-state index in [1.165, 1.54) is 6.92 Å². The number of carbonyl (C=O) groups excluding carboxylic acids is 1. The average molecular weight is 344 g/mol. The quantitative estimate of drug-likeness (QED) is 0.672. The number of rotatable bonds is 4. The molecule has 0 aliphatic rings. The van der Waals surface area contributed by atoms with Gasteiger partial charge in [-0.1, -0.05) is 15.9 Å². The van der Waals surface area contributed by atoms with E-state index < -0.39 is 29.4 Å². The largest absolute Gasteiger partial charge is 0.573 e. The lowest BCUT2D eigenvalue weighted by molar-refractivity contribution is -0.274. The molecule has 1 aromatic rings. The van der Waals surface area contributed by atoms with Crippen LogP contribution >= 0.6 is 15.9 Å². The van der Waals surface area contributed by atoms with Crippen molar-refractivity contribution in [3.05, 3.63) is 17.5 Å². The predicted molar refractivity (Wildman–Crippen MR) is 61.2 cm³/mol. The molecule has 1 heterocycles. The molecule has 0 aliphatic carbocycles. The van der Waals surface area contributed by atoms with Crippen molar-refractivity contribution in [2.45, 2.75) is 18.6 Å². The molecular formula is C10H9BrF3NO4. The molecule has 0 fully saturated rings. The smallest absolute Gasteiger partial charge is 0.505 e. The van der Waals surface area contributed by atoms with E-state index in [9.17, 15) is 23.1 Å². The van der Waals surface area contributed by atoms with Crippen LogP contribution in [0.25, 0.3) is 0 Å². The summed E-state index contributed by atoms with van der Waals surface area (Å²) in [6.07, 6.45) is -4.30. The van der Waals surface area contributed by atoms with Crippen LogP contribution in [0.15, 0.2) is 6.20 Å². The topological polar surface area (TPSA) is 68.7 Å². The van der Waals surface area contributed by atoms with Gasteiger partial charge < -0.3 is 14.6 Å². The van der Waals surface area contributed by atoms with Crippen molar-refractivity contribution in [2.24, 2.45) is 0 Å². The Kier molecular flexibility index (Phi) is 4.98. The standard InChI is InChI=1S/C10H9BrF3NO4/c1-2-18-9(17)7-6(19-10(12,13)14)4-15-5(3-11)8(7)16/h4,16H,2-3H2,1H3. The lowest BCUT2D eigenvalue weighted by Gasteiger charge is -2.14. The van der Waals surface area contributed by atoms with Crippen LogP contribution in [0.2, 0.25) is 0 Å². The van der Waals surface area contributed by atoms with E-state index in [1.807, 2.05) is 0 Å². The van der Waals surface area contributed by atoms with Crippen molar-refractivity contribution in [1.29, 1.82) is 0 Å². The molecule has 1 aromatic heterocycles. The number of ether oxygens (including phenoxy) is 2. The van der Waals surface area contributed by atoms with Crippen molar-refractivity contribution in [1.82, 2.24) is 4.98 Å². The second-order valence-corrected chi connectivity index (χ2v) is 3.76. The second kappa shape index (κ2) is 6.09. The van der Waals surface area contributed by atoms with Crippen LogP contribution in [0.5, 0.6) is 11.5 Å². The summed E-state index contributed by atoms with van der Waals surface area (Å²) in [6.45, 7) is 1.42. The van der Waals surface area contributed by atoms with E-state index in [4.69, 9.17) is 0 Å².